The summed E-state index contributed by atoms with van der Waals surface area (Å²) in [7, 11) is -3.32. The Morgan fingerprint density at radius 2 is 2.00 bits per heavy atom. The molecular formula is C3H4F3O3P. The van der Waals surface area contributed by atoms with Crippen molar-refractivity contribution in [3.8, 4) is 0 Å². The van der Waals surface area contributed by atoms with E-state index in [2.05, 4.69) is 4.52 Å². The standard InChI is InChI=1S/C3H4F3O3P/c4-2(3(5)6)1-9-10(7)8/h10H,1H2,(H,7,8). The van der Waals surface area contributed by atoms with E-state index in [1.54, 1.807) is 0 Å². The van der Waals surface area contributed by atoms with Gasteiger partial charge in [-0.25, -0.2) is 4.39 Å². The summed E-state index contributed by atoms with van der Waals surface area (Å²) in [5, 5.41) is 0. The van der Waals surface area contributed by atoms with E-state index >= 15 is 0 Å². The molecule has 0 rings (SSSR count). The predicted molar refractivity (Wildman–Crippen MR) is 27.5 cm³/mol. The van der Waals surface area contributed by atoms with E-state index in [1.807, 2.05) is 0 Å². The molecule has 1 atom stereocenters. The third-order valence-corrected chi connectivity index (χ3v) is 0.919. The number of rotatable bonds is 3. The normalized spacial score (nSPS) is 12.8. The number of halogens is 3. The molecule has 0 amide bonds. The second-order valence-corrected chi connectivity index (χ2v) is 2.04. The van der Waals surface area contributed by atoms with Crippen molar-refractivity contribution < 1.29 is 27.2 Å². The molecule has 0 bridgehead atoms. The highest BCUT2D eigenvalue weighted by atomic mass is 31.1. The van der Waals surface area contributed by atoms with Crippen LogP contribution in [0, 0.1) is 0 Å². The molecule has 1 unspecified atom stereocenters. The van der Waals surface area contributed by atoms with Crippen molar-refractivity contribution in [1.82, 2.24) is 0 Å². The van der Waals surface area contributed by atoms with Crippen molar-refractivity contribution in [2.75, 3.05) is 6.61 Å². The molecule has 0 aromatic heterocycles. The molecule has 0 aromatic carbocycles. The summed E-state index contributed by atoms with van der Waals surface area (Å²) in [5.41, 5.74) is 0. The van der Waals surface area contributed by atoms with Gasteiger partial charge < -0.3 is 9.42 Å². The van der Waals surface area contributed by atoms with Gasteiger partial charge in [-0.2, -0.15) is 8.78 Å². The molecule has 0 aliphatic rings. The van der Waals surface area contributed by atoms with Crippen molar-refractivity contribution >= 4 is 8.25 Å². The Bertz CT molecular complexity index is 164. The van der Waals surface area contributed by atoms with E-state index in [1.165, 1.54) is 0 Å². The molecule has 0 aromatic rings. The molecule has 0 fully saturated rings. The molecule has 0 aliphatic heterocycles. The summed E-state index contributed by atoms with van der Waals surface area (Å²) in [6.45, 7) is -1.16. The zero-order valence-corrected chi connectivity index (χ0v) is 5.60. The highest BCUT2D eigenvalue weighted by molar-refractivity contribution is 7.32. The lowest BCUT2D eigenvalue weighted by Gasteiger charge is -1.93. The lowest BCUT2D eigenvalue weighted by atomic mass is 10.6. The van der Waals surface area contributed by atoms with Gasteiger partial charge in [-0.05, 0) is 0 Å². The summed E-state index contributed by atoms with van der Waals surface area (Å²) in [6, 6.07) is 0. The maximum atomic E-state index is 11.7. The Balaban J connectivity index is 3.71. The lowest BCUT2D eigenvalue weighted by Crippen LogP contribution is -1.87. The number of hydrogen-bond acceptors (Lipinski definition) is 2. The topological polar surface area (TPSA) is 46.5 Å². The lowest BCUT2D eigenvalue weighted by molar-refractivity contribution is 0.265. The van der Waals surface area contributed by atoms with Crippen LogP contribution in [0.15, 0.2) is 11.9 Å². The average Bonchev–Trinajstić information content (AvgIpc) is 1.82. The van der Waals surface area contributed by atoms with Crippen molar-refractivity contribution in [2.24, 2.45) is 0 Å². The van der Waals surface area contributed by atoms with E-state index in [0.717, 1.165) is 0 Å². The quantitative estimate of drug-likeness (QED) is 0.662. The molecule has 0 saturated heterocycles. The van der Waals surface area contributed by atoms with Gasteiger partial charge in [0.25, 0.3) is 0 Å². The molecular weight excluding hydrogens is 172 g/mol. The second-order valence-electron chi connectivity index (χ2n) is 1.22. The summed E-state index contributed by atoms with van der Waals surface area (Å²) in [5.74, 6) is -1.83. The number of hydrogen-bond donors (Lipinski definition) is 1. The fraction of sp³-hybridized carbons (Fsp3) is 0.333. The minimum absolute atomic E-state index is 1.16. The Morgan fingerprint density at radius 1 is 1.50 bits per heavy atom. The highest BCUT2D eigenvalue weighted by Gasteiger charge is 2.05. The maximum Gasteiger partial charge on any atom is 0.316 e. The Kier molecular flexibility index (Phi) is 4.34. The Morgan fingerprint density at radius 3 is 2.30 bits per heavy atom. The molecule has 60 valence electrons. The van der Waals surface area contributed by atoms with Crippen LogP contribution in [0.25, 0.3) is 0 Å². The molecule has 0 spiro atoms. The van der Waals surface area contributed by atoms with Crippen LogP contribution in [-0.2, 0) is 9.09 Å². The van der Waals surface area contributed by atoms with Gasteiger partial charge in [-0.1, -0.05) is 0 Å². The van der Waals surface area contributed by atoms with E-state index < -0.39 is 26.8 Å². The summed E-state index contributed by atoms with van der Waals surface area (Å²) in [6.07, 6.45) is -2.54. The van der Waals surface area contributed by atoms with Gasteiger partial charge >= 0.3 is 14.3 Å². The molecule has 3 nitrogen and oxygen atoms in total. The van der Waals surface area contributed by atoms with E-state index in [0.29, 0.717) is 0 Å². The van der Waals surface area contributed by atoms with Crippen LogP contribution in [0.3, 0.4) is 0 Å². The van der Waals surface area contributed by atoms with Gasteiger partial charge in [0.15, 0.2) is 5.83 Å². The minimum Gasteiger partial charge on any atom is -0.326 e. The van der Waals surface area contributed by atoms with Gasteiger partial charge in [0.1, 0.15) is 6.61 Å². The van der Waals surface area contributed by atoms with Crippen molar-refractivity contribution in [1.29, 1.82) is 0 Å². The first-order valence-electron chi connectivity index (χ1n) is 2.09. The average molecular weight is 176 g/mol. The molecule has 1 N–H and O–H groups in total. The Labute approximate surface area is 55.1 Å². The first-order chi connectivity index (χ1) is 4.54. The maximum absolute atomic E-state index is 11.7. The van der Waals surface area contributed by atoms with Crippen LogP contribution in [0.5, 0.6) is 0 Å². The fourth-order valence-corrected chi connectivity index (χ4v) is 0.430. The first-order valence-corrected chi connectivity index (χ1v) is 3.35. The van der Waals surface area contributed by atoms with Crippen molar-refractivity contribution in [3.63, 3.8) is 0 Å². The Hall–Kier alpha value is -0.320. The summed E-state index contributed by atoms with van der Waals surface area (Å²) < 4.78 is 47.2. The monoisotopic (exact) mass is 176 g/mol. The van der Waals surface area contributed by atoms with E-state index in [-0.39, 0.29) is 0 Å². The molecule has 0 saturated carbocycles. The van der Waals surface area contributed by atoms with Gasteiger partial charge in [0.05, 0.1) is 0 Å². The molecule has 0 aliphatic carbocycles. The first kappa shape index (κ1) is 9.68. The van der Waals surface area contributed by atoms with Gasteiger partial charge in [-0.15, -0.1) is 0 Å². The molecule has 7 heteroatoms. The fourth-order valence-electron chi connectivity index (χ4n) is 0.180. The molecule has 0 heterocycles. The third-order valence-electron chi connectivity index (χ3n) is 0.527. The minimum atomic E-state index is -3.32. The second kappa shape index (κ2) is 4.49. The largest absolute Gasteiger partial charge is 0.326 e. The van der Waals surface area contributed by atoms with Gasteiger partial charge in [-0.3, -0.25) is 4.57 Å². The summed E-state index contributed by atoms with van der Waals surface area (Å²) >= 11 is 0. The van der Waals surface area contributed by atoms with E-state index in [4.69, 9.17) is 4.89 Å². The smallest absolute Gasteiger partial charge is 0.316 e. The zero-order valence-electron chi connectivity index (χ0n) is 4.60. The van der Waals surface area contributed by atoms with Gasteiger partial charge in [0.2, 0.25) is 0 Å². The molecule has 10 heavy (non-hydrogen) atoms. The summed E-state index contributed by atoms with van der Waals surface area (Å²) in [4.78, 5) is 7.87. The van der Waals surface area contributed by atoms with E-state index in [9.17, 15) is 17.7 Å². The van der Waals surface area contributed by atoms with Crippen LogP contribution >= 0.6 is 8.25 Å². The van der Waals surface area contributed by atoms with Crippen LogP contribution in [0.1, 0.15) is 0 Å². The van der Waals surface area contributed by atoms with Crippen LogP contribution < -0.4 is 0 Å². The highest BCUT2D eigenvalue weighted by Crippen LogP contribution is 2.18. The van der Waals surface area contributed by atoms with Crippen LogP contribution in [-0.4, -0.2) is 11.5 Å². The van der Waals surface area contributed by atoms with Crippen LogP contribution in [0.4, 0.5) is 13.2 Å². The third kappa shape index (κ3) is 4.55. The van der Waals surface area contributed by atoms with Crippen molar-refractivity contribution in [3.05, 3.63) is 11.9 Å². The predicted octanol–water partition coefficient (Wildman–Crippen LogP) is 1.46. The van der Waals surface area contributed by atoms with Gasteiger partial charge in [0, 0.05) is 0 Å². The molecule has 0 radical (unpaired) electrons. The zero-order chi connectivity index (χ0) is 8.15. The SMILES string of the molecule is O=[PH](O)OCC(F)=C(F)F. The van der Waals surface area contributed by atoms with Crippen LogP contribution in [0.2, 0.25) is 0 Å². The van der Waals surface area contributed by atoms with Crippen molar-refractivity contribution in [2.45, 2.75) is 0 Å².